The zero-order valence-corrected chi connectivity index (χ0v) is 8.92. The molecule has 0 saturated carbocycles. The van der Waals surface area contributed by atoms with Crippen molar-refractivity contribution in [3.8, 4) is 0 Å². The summed E-state index contributed by atoms with van der Waals surface area (Å²) < 4.78 is 3.40. The first-order chi connectivity index (χ1) is 7.79. The summed E-state index contributed by atoms with van der Waals surface area (Å²) >= 11 is 0. The summed E-state index contributed by atoms with van der Waals surface area (Å²) in [6.07, 6.45) is 1.80. The average molecular weight is 211 g/mol. The molecule has 0 atom stereocenters. The number of carbonyl (C=O) groups is 1. The molecule has 0 saturated heterocycles. The highest BCUT2D eigenvalue weighted by Crippen LogP contribution is 2.20. The summed E-state index contributed by atoms with van der Waals surface area (Å²) in [6, 6.07) is 13.5. The van der Waals surface area contributed by atoms with Crippen molar-refractivity contribution in [3.63, 3.8) is 0 Å². The Balaban J connectivity index is 2.22. The van der Waals surface area contributed by atoms with Gasteiger partial charge < -0.3 is 0 Å². The normalized spacial score (nSPS) is 14.4. The molecule has 1 aliphatic heterocycles. The smallest absolute Gasteiger partial charge is 0.196 e. The van der Waals surface area contributed by atoms with Crippen LogP contribution in [-0.2, 0) is 0 Å². The Kier molecular flexibility index (Phi) is 1.80. The molecule has 0 bridgehead atoms. The van der Waals surface area contributed by atoms with Crippen molar-refractivity contribution in [1.29, 1.82) is 0 Å². The molecular formula is C13H11N2O+. The molecule has 3 heteroatoms. The summed E-state index contributed by atoms with van der Waals surface area (Å²) in [5.41, 5.74) is 2.85. The van der Waals surface area contributed by atoms with Crippen LogP contribution in [0.1, 0.15) is 12.6 Å². The minimum atomic E-state index is -0.0105. The van der Waals surface area contributed by atoms with Crippen LogP contribution in [-0.4, -0.2) is 20.9 Å². The van der Waals surface area contributed by atoms with Crippen LogP contribution in [0.3, 0.4) is 0 Å². The lowest BCUT2D eigenvalue weighted by molar-refractivity contribution is -0.327. The van der Waals surface area contributed by atoms with E-state index in [0.29, 0.717) is 0 Å². The summed E-state index contributed by atoms with van der Waals surface area (Å²) in [7, 11) is 0. The molecule has 1 aromatic carbocycles. The number of hydrogen-bond acceptors (Lipinski definition) is 1. The highest BCUT2D eigenvalue weighted by Gasteiger charge is 2.35. The van der Waals surface area contributed by atoms with E-state index in [1.54, 1.807) is 15.3 Å². The third kappa shape index (κ3) is 1.08. The van der Waals surface area contributed by atoms with Gasteiger partial charge in [-0.25, -0.2) is 0 Å². The lowest BCUT2D eigenvalue weighted by atomic mass is 10.2. The van der Waals surface area contributed by atoms with Crippen LogP contribution in [0.2, 0.25) is 0 Å². The van der Waals surface area contributed by atoms with E-state index >= 15 is 0 Å². The van der Waals surface area contributed by atoms with Crippen LogP contribution in [0.15, 0.2) is 48.7 Å². The highest BCUT2D eigenvalue weighted by atomic mass is 16.2. The minimum Gasteiger partial charge on any atom is -0.196 e. The van der Waals surface area contributed by atoms with E-state index in [1.807, 2.05) is 49.4 Å². The monoisotopic (exact) mass is 211 g/mol. The zero-order valence-electron chi connectivity index (χ0n) is 8.92. The van der Waals surface area contributed by atoms with Gasteiger partial charge in [-0.05, 0) is 24.3 Å². The molecule has 3 rings (SSSR count). The molecule has 3 nitrogen and oxygen atoms in total. The number of para-hydroxylation sites is 1. The number of fused-ring (bicyclic) bond motifs is 1. The van der Waals surface area contributed by atoms with Crippen molar-refractivity contribution >= 4 is 17.4 Å². The Morgan fingerprint density at radius 3 is 2.50 bits per heavy atom. The quantitative estimate of drug-likeness (QED) is 0.665. The first kappa shape index (κ1) is 9.09. The second kappa shape index (κ2) is 3.17. The van der Waals surface area contributed by atoms with Gasteiger partial charge in [-0.15, -0.1) is 0 Å². The molecule has 16 heavy (non-hydrogen) atoms. The molecule has 0 fully saturated rings. The Morgan fingerprint density at radius 2 is 1.81 bits per heavy atom. The van der Waals surface area contributed by atoms with E-state index in [9.17, 15) is 4.79 Å². The number of rotatable bonds is 1. The van der Waals surface area contributed by atoms with Crippen LogP contribution >= 0.6 is 0 Å². The zero-order chi connectivity index (χ0) is 11.1. The molecule has 78 valence electrons. The Hall–Kier alpha value is -2.16. The molecule has 0 N–H and O–H groups in total. The van der Waals surface area contributed by atoms with Gasteiger partial charge in [0.1, 0.15) is 11.9 Å². The van der Waals surface area contributed by atoms with Gasteiger partial charge in [0.05, 0.1) is 0 Å². The first-order valence-corrected chi connectivity index (χ1v) is 5.20. The summed E-state index contributed by atoms with van der Waals surface area (Å²) in [6.45, 7) is 1.96. The maximum absolute atomic E-state index is 12.1. The summed E-state index contributed by atoms with van der Waals surface area (Å²) in [5, 5.41) is 0. The van der Waals surface area contributed by atoms with Crippen molar-refractivity contribution in [2.24, 2.45) is 0 Å². The van der Waals surface area contributed by atoms with E-state index in [4.69, 9.17) is 0 Å². The predicted octanol–water partition coefficient (Wildman–Crippen LogP) is 2.62. The Labute approximate surface area is 93.3 Å². The molecule has 1 amide bonds. The summed E-state index contributed by atoms with van der Waals surface area (Å²) in [5.74, 6) is 0. The number of nitrogens with zero attached hydrogens (tertiary/aromatic N) is 2. The fourth-order valence-electron chi connectivity index (χ4n) is 2.09. The topological polar surface area (TPSA) is 25.0 Å². The minimum absolute atomic E-state index is 0.0105. The second-order valence-corrected chi connectivity index (χ2v) is 3.80. The molecule has 0 spiro atoms. The van der Waals surface area contributed by atoms with Gasteiger partial charge in [0.25, 0.3) is 0 Å². The van der Waals surface area contributed by atoms with Gasteiger partial charge in [-0.3, -0.25) is 0 Å². The van der Waals surface area contributed by atoms with Gasteiger partial charge in [0.15, 0.2) is 11.4 Å². The van der Waals surface area contributed by atoms with Crippen LogP contribution in [0.25, 0.3) is 0 Å². The third-order valence-electron chi connectivity index (χ3n) is 2.87. The lowest BCUT2D eigenvalue weighted by Gasteiger charge is -1.98. The SMILES string of the molecule is CC1=[N+](c2ccccc2)C(=O)n2cccc21. The molecule has 0 aliphatic carbocycles. The lowest BCUT2D eigenvalue weighted by Crippen LogP contribution is -2.16. The molecule has 0 unspecified atom stereocenters. The van der Waals surface area contributed by atoms with E-state index in [2.05, 4.69) is 0 Å². The van der Waals surface area contributed by atoms with Crippen molar-refractivity contribution in [3.05, 3.63) is 54.4 Å². The molecule has 0 radical (unpaired) electrons. The highest BCUT2D eigenvalue weighted by molar-refractivity contribution is 6.04. The van der Waals surface area contributed by atoms with Crippen LogP contribution in [0, 0.1) is 0 Å². The Bertz CT molecular complexity index is 593. The largest absolute Gasteiger partial charge is 0.508 e. The van der Waals surface area contributed by atoms with Gasteiger partial charge in [-0.2, -0.15) is 13.9 Å². The molecule has 2 aromatic rings. The van der Waals surface area contributed by atoms with Gasteiger partial charge >= 0.3 is 6.03 Å². The fourth-order valence-corrected chi connectivity index (χ4v) is 2.09. The molecule has 1 aliphatic rings. The van der Waals surface area contributed by atoms with Crippen molar-refractivity contribution in [2.45, 2.75) is 6.92 Å². The van der Waals surface area contributed by atoms with Crippen LogP contribution in [0.5, 0.6) is 0 Å². The Morgan fingerprint density at radius 1 is 1.06 bits per heavy atom. The number of hydrogen-bond donors (Lipinski definition) is 0. The van der Waals surface area contributed by atoms with E-state index in [0.717, 1.165) is 17.1 Å². The standard InChI is InChI=1S/C13H11N2O/c1-10-12-8-5-9-14(12)13(16)15(10)11-6-3-2-4-7-11/h2-9H,1H3/q+1. The molecule has 1 aromatic heterocycles. The number of carbonyl (C=O) groups excluding carboxylic acids is 1. The average Bonchev–Trinajstić information content (AvgIpc) is 2.86. The maximum Gasteiger partial charge on any atom is 0.508 e. The maximum atomic E-state index is 12.1. The first-order valence-electron chi connectivity index (χ1n) is 5.20. The number of benzene rings is 1. The molecule has 2 heterocycles. The predicted molar refractivity (Wildman–Crippen MR) is 61.4 cm³/mol. The number of aromatic nitrogens is 1. The summed E-state index contributed by atoms with van der Waals surface area (Å²) in [4.78, 5) is 12.1. The van der Waals surface area contributed by atoms with E-state index in [1.165, 1.54) is 0 Å². The number of amides is 1. The van der Waals surface area contributed by atoms with Crippen LogP contribution < -0.4 is 0 Å². The van der Waals surface area contributed by atoms with E-state index < -0.39 is 0 Å². The van der Waals surface area contributed by atoms with E-state index in [-0.39, 0.29) is 6.03 Å². The van der Waals surface area contributed by atoms with Gasteiger partial charge in [0.2, 0.25) is 0 Å². The second-order valence-electron chi connectivity index (χ2n) is 3.80. The van der Waals surface area contributed by atoms with Gasteiger partial charge in [-0.1, -0.05) is 18.2 Å². The third-order valence-corrected chi connectivity index (χ3v) is 2.87. The van der Waals surface area contributed by atoms with Crippen LogP contribution in [0.4, 0.5) is 10.5 Å². The molecular weight excluding hydrogens is 200 g/mol. The van der Waals surface area contributed by atoms with Crippen molar-refractivity contribution < 1.29 is 9.37 Å². The van der Waals surface area contributed by atoms with Crippen molar-refractivity contribution in [1.82, 2.24) is 4.57 Å². The van der Waals surface area contributed by atoms with Crippen molar-refractivity contribution in [2.75, 3.05) is 0 Å². The fraction of sp³-hybridized carbons (Fsp3) is 0.0769. The van der Waals surface area contributed by atoms with Gasteiger partial charge in [0, 0.05) is 6.92 Å².